The third-order valence-electron chi connectivity index (χ3n) is 3.32. The maximum Gasteiger partial charge on any atom is 0.0595 e. The normalized spacial score (nSPS) is 21.8. The average Bonchev–Trinajstić information content (AvgIpc) is 2.35. The quantitative estimate of drug-likeness (QED) is 0.914. The Morgan fingerprint density at radius 3 is 2.78 bits per heavy atom. The highest BCUT2D eigenvalue weighted by Gasteiger charge is 2.17. The lowest BCUT2D eigenvalue weighted by molar-refractivity contribution is 0.00747. The van der Waals surface area contributed by atoms with E-state index in [9.17, 15) is 0 Å². The smallest absolute Gasteiger partial charge is 0.0595 e. The molecule has 18 heavy (non-hydrogen) atoms. The van der Waals surface area contributed by atoms with Gasteiger partial charge < -0.3 is 10.5 Å². The predicted octanol–water partition coefficient (Wildman–Crippen LogP) is 3.82. The first-order valence-electron chi connectivity index (χ1n) is 6.46. The first kappa shape index (κ1) is 14.1. The monoisotopic (exact) mass is 287 g/mol. The number of rotatable bonds is 4. The molecule has 2 nitrogen and oxygen atoms in total. The van der Waals surface area contributed by atoms with E-state index in [1.807, 2.05) is 18.2 Å². The van der Waals surface area contributed by atoms with E-state index < -0.39 is 0 Å². The lowest BCUT2D eigenvalue weighted by Crippen LogP contribution is -2.31. The Morgan fingerprint density at radius 2 is 2.11 bits per heavy atom. The summed E-state index contributed by atoms with van der Waals surface area (Å²) in [5.74, 6) is 0. The Kier molecular flexibility index (Phi) is 5.31. The van der Waals surface area contributed by atoms with E-state index >= 15 is 0 Å². The van der Waals surface area contributed by atoms with Gasteiger partial charge in [-0.15, -0.1) is 0 Å². The summed E-state index contributed by atoms with van der Waals surface area (Å²) in [6.07, 6.45) is 5.63. The van der Waals surface area contributed by atoms with Gasteiger partial charge in [-0.1, -0.05) is 29.3 Å². The maximum atomic E-state index is 6.17. The van der Waals surface area contributed by atoms with Gasteiger partial charge in [-0.25, -0.2) is 0 Å². The van der Waals surface area contributed by atoms with Gasteiger partial charge in [0.15, 0.2) is 0 Å². The molecule has 1 aliphatic rings. The van der Waals surface area contributed by atoms with Gasteiger partial charge in [0, 0.05) is 12.6 Å². The third-order valence-corrected chi connectivity index (χ3v) is 4.06. The zero-order valence-corrected chi connectivity index (χ0v) is 11.9. The predicted molar refractivity (Wildman–Crippen MR) is 76.3 cm³/mol. The molecule has 2 N–H and O–H groups in total. The van der Waals surface area contributed by atoms with Crippen LogP contribution in [0.2, 0.25) is 10.0 Å². The fraction of sp³-hybridized carbons (Fsp3) is 0.571. The molecule has 2 atom stereocenters. The molecule has 1 aliphatic heterocycles. The standard InChI is InChI=1S/C14H19Cl2NO/c15-13-5-4-10(8-14(13)16)7-11(17)9-12-3-1-2-6-18-12/h4-5,8,11-12H,1-3,6-7,9,17H2. The summed E-state index contributed by atoms with van der Waals surface area (Å²) in [6.45, 7) is 0.879. The van der Waals surface area contributed by atoms with E-state index in [-0.39, 0.29) is 6.04 Å². The number of benzene rings is 1. The van der Waals surface area contributed by atoms with Crippen molar-refractivity contribution in [1.82, 2.24) is 0 Å². The molecule has 0 bridgehead atoms. The largest absolute Gasteiger partial charge is 0.378 e. The Hall–Kier alpha value is -0.280. The minimum absolute atomic E-state index is 0.116. The summed E-state index contributed by atoms with van der Waals surface area (Å²) >= 11 is 11.9. The molecule has 100 valence electrons. The van der Waals surface area contributed by atoms with E-state index in [4.69, 9.17) is 33.7 Å². The van der Waals surface area contributed by atoms with E-state index in [0.29, 0.717) is 16.1 Å². The zero-order chi connectivity index (χ0) is 13.0. The van der Waals surface area contributed by atoms with Crippen molar-refractivity contribution < 1.29 is 4.74 Å². The van der Waals surface area contributed by atoms with Crippen molar-refractivity contribution in [1.29, 1.82) is 0 Å². The first-order valence-corrected chi connectivity index (χ1v) is 7.22. The van der Waals surface area contributed by atoms with Crippen molar-refractivity contribution in [3.63, 3.8) is 0 Å². The summed E-state index contributed by atoms with van der Waals surface area (Å²) in [7, 11) is 0. The van der Waals surface area contributed by atoms with Gasteiger partial charge in [0.25, 0.3) is 0 Å². The van der Waals surface area contributed by atoms with Crippen LogP contribution in [0.15, 0.2) is 18.2 Å². The minimum atomic E-state index is 0.116. The van der Waals surface area contributed by atoms with E-state index in [2.05, 4.69) is 0 Å². The van der Waals surface area contributed by atoms with Crippen LogP contribution >= 0.6 is 23.2 Å². The van der Waals surface area contributed by atoms with Crippen LogP contribution in [0.4, 0.5) is 0 Å². The Labute approximate surface area is 118 Å². The molecule has 2 unspecified atom stereocenters. The van der Waals surface area contributed by atoms with Gasteiger partial charge >= 0.3 is 0 Å². The summed E-state index contributed by atoms with van der Waals surface area (Å²) < 4.78 is 5.70. The van der Waals surface area contributed by atoms with Gasteiger partial charge in [0.05, 0.1) is 16.1 Å². The number of halogens is 2. The molecule has 1 aromatic carbocycles. The van der Waals surface area contributed by atoms with E-state index in [0.717, 1.165) is 31.4 Å². The zero-order valence-electron chi connectivity index (χ0n) is 10.4. The molecule has 0 radical (unpaired) electrons. The Balaban J connectivity index is 1.85. The van der Waals surface area contributed by atoms with Crippen LogP contribution in [0.1, 0.15) is 31.2 Å². The summed E-state index contributed by atoms with van der Waals surface area (Å²) in [5, 5.41) is 1.18. The topological polar surface area (TPSA) is 35.2 Å². The molecule has 1 aromatic rings. The molecule has 2 rings (SSSR count). The van der Waals surface area contributed by atoms with Crippen LogP contribution in [-0.4, -0.2) is 18.8 Å². The van der Waals surface area contributed by atoms with Crippen LogP contribution in [0.3, 0.4) is 0 Å². The second-order valence-corrected chi connectivity index (χ2v) is 5.75. The van der Waals surface area contributed by atoms with Crippen LogP contribution in [0.25, 0.3) is 0 Å². The SMILES string of the molecule is NC(Cc1ccc(Cl)c(Cl)c1)CC1CCCCO1. The molecule has 0 aliphatic carbocycles. The number of hydrogen-bond donors (Lipinski definition) is 1. The first-order chi connectivity index (χ1) is 8.65. The van der Waals surface area contributed by atoms with Gasteiger partial charge in [-0.2, -0.15) is 0 Å². The number of nitrogens with two attached hydrogens (primary N) is 1. The van der Waals surface area contributed by atoms with E-state index in [1.54, 1.807) is 0 Å². The molecule has 0 saturated carbocycles. The number of hydrogen-bond acceptors (Lipinski definition) is 2. The molecule has 1 fully saturated rings. The van der Waals surface area contributed by atoms with Crippen LogP contribution < -0.4 is 5.73 Å². The Bertz CT molecular complexity index is 391. The van der Waals surface area contributed by atoms with E-state index in [1.165, 1.54) is 12.8 Å². The van der Waals surface area contributed by atoms with Crippen LogP contribution in [0.5, 0.6) is 0 Å². The molecule has 4 heteroatoms. The second-order valence-electron chi connectivity index (χ2n) is 4.94. The number of ether oxygens (including phenoxy) is 1. The Morgan fingerprint density at radius 1 is 1.28 bits per heavy atom. The lowest BCUT2D eigenvalue weighted by Gasteiger charge is -2.25. The van der Waals surface area contributed by atoms with Gasteiger partial charge in [-0.3, -0.25) is 0 Å². The highest BCUT2D eigenvalue weighted by molar-refractivity contribution is 6.42. The van der Waals surface area contributed by atoms with Crippen molar-refractivity contribution in [2.75, 3.05) is 6.61 Å². The molecule has 1 heterocycles. The minimum Gasteiger partial charge on any atom is -0.378 e. The van der Waals surface area contributed by atoms with Crippen molar-refractivity contribution in [2.45, 2.75) is 44.2 Å². The van der Waals surface area contributed by atoms with Gasteiger partial charge in [-0.05, 0) is 49.8 Å². The fourth-order valence-electron chi connectivity index (χ4n) is 2.38. The summed E-state index contributed by atoms with van der Waals surface area (Å²) in [6, 6.07) is 5.81. The van der Waals surface area contributed by atoms with Crippen molar-refractivity contribution in [2.24, 2.45) is 5.73 Å². The van der Waals surface area contributed by atoms with Crippen LogP contribution in [-0.2, 0) is 11.2 Å². The molecular formula is C14H19Cl2NO. The maximum absolute atomic E-state index is 6.17. The second kappa shape index (κ2) is 6.76. The molecular weight excluding hydrogens is 269 g/mol. The third kappa shape index (κ3) is 4.13. The van der Waals surface area contributed by atoms with Crippen molar-refractivity contribution >= 4 is 23.2 Å². The summed E-state index contributed by atoms with van der Waals surface area (Å²) in [4.78, 5) is 0. The molecule has 0 amide bonds. The summed E-state index contributed by atoms with van der Waals surface area (Å²) in [5.41, 5.74) is 7.30. The highest BCUT2D eigenvalue weighted by atomic mass is 35.5. The lowest BCUT2D eigenvalue weighted by atomic mass is 9.97. The molecule has 0 aromatic heterocycles. The molecule has 1 saturated heterocycles. The highest BCUT2D eigenvalue weighted by Crippen LogP contribution is 2.24. The van der Waals surface area contributed by atoms with Gasteiger partial charge in [0.1, 0.15) is 0 Å². The van der Waals surface area contributed by atoms with Crippen LogP contribution in [0, 0.1) is 0 Å². The van der Waals surface area contributed by atoms with Crippen molar-refractivity contribution in [3.05, 3.63) is 33.8 Å². The van der Waals surface area contributed by atoms with Gasteiger partial charge in [0.2, 0.25) is 0 Å². The molecule has 0 spiro atoms. The van der Waals surface area contributed by atoms with Crippen molar-refractivity contribution in [3.8, 4) is 0 Å². The average molecular weight is 288 g/mol. The fourth-order valence-corrected chi connectivity index (χ4v) is 2.70.